The molecule has 1 atom stereocenters. The maximum Gasteiger partial charge on any atom is 0.315 e. The summed E-state index contributed by atoms with van der Waals surface area (Å²) in [4.78, 5) is 16.6. The smallest absolute Gasteiger partial charge is 0.315 e. The van der Waals surface area contributed by atoms with Gasteiger partial charge in [-0.25, -0.2) is 4.79 Å². The molecular weight excluding hydrogens is 288 g/mol. The highest BCUT2D eigenvalue weighted by Gasteiger charge is 2.16. The third-order valence-electron chi connectivity index (χ3n) is 3.85. The quantitative estimate of drug-likeness (QED) is 0.814. The van der Waals surface area contributed by atoms with Gasteiger partial charge in [0.25, 0.3) is 0 Å². The van der Waals surface area contributed by atoms with Gasteiger partial charge in [-0.2, -0.15) is 0 Å². The Balaban J connectivity index is 1.63. The zero-order valence-corrected chi connectivity index (χ0v) is 14.0. The molecule has 0 aromatic heterocycles. The molecule has 1 aromatic rings. The fourth-order valence-electron chi connectivity index (χ4n) is 2.53. The normalized spacial score (nSPS) is 17.0. The molecule has 2 amide bonds. The second kappa shape index (κ2) is 9.19. The first-order chi connectivity index (χ1) is 11.1. The van der Waals surface area contributed by atoms with Gasteiger partial charge >= 0.3 is 6.03 Å². The zero-order valence-electron chi connectivity index (χ0n) is 14.0. The van der Waals surface area contributed by atoms with E-state index < -0.39 is 0 Å². The van der Waals surface area contributed by atoms with E-state index in [0.29, 0.717) is 6.54 Å². The van der Waals surface area contributed by atoms with Crippen LogP contribution in [-0.4, -0.2) is 68.2 Å². The first kappa shape index (κ1) is 17.3. The number of piperazine rings is 1. The first-order valence-electron chi connectivity index (χ1n) is 8.12. The van der Waals surface area contributed by atoms with E-state index in [2.05, 4.69) is 39.3 Å². The summed E-state index contributed by atoms with van der Waals surface area (Å²) >= 11 is 0. The summed E-state index contributed by atoms with van der Waals surface area (Å²) in [6.45, 7) is 7.58. The number of carbonyl (C=O) groups is 1. The minimum atomic E-state index is -0.158. The number of hydrogen-bond acceptors (Lipinski definition) is 3. The number of hydrogen-bond donors (Lipinski definition) is 2. The minimum Gasteiger partial charge on any atom is -0.334 e. The molecule has 5 heteroatoms. The van der Waals surface area contributed by atoms with Crippen LogP contribution in [0.3, 0.4) is 0 Å². The fourth-order valence-corrected chi connectivity index (χ4v) is 2.53. The van der Waals surface area contributed by atoms with Crippen molar-refractivity contribution in [3.05, 3.63) is 35.9 Å². The number of amides is 2. The van der Waals surface area contributed by atoms with E-state index in [-0.39, 0.29) is 12.1 Å². The van der Waals surface area contributed by atoms with Crippen molar-refractivity contribution in [1.29, 1.82) is 0 Å². The lowest BCUT2D eigenvalue weighted by atomic mass is 10.2. The molecule has 2 N–H and O–H groups in total. The number of rotatable bonds is 4. The van der Waals surface area contributed by atoms with Gasteiger partial charge in [-0.15, -0.1) is 0 Å². The van der Waals surface area contributed by atoms with Crippen LogP contribution in [0.5, 0.6) is 0 Å². The molecule has 1 saturated heterocycles. The van der Waals surface area contributed by atoms with Crippen molar-refractivity contribution in [2.45, 2.75) is 13.0 Å². The molecular formula is C18H26N4O. The van der Waals surface area contributed by atoms with Crippen LogP contribution < -0.4 is 10.6 Å². The average Bonchev–Trinajstić information content (AvgIpc) is 2.55. The van der Waals surface area contributed by atoms with Crippen molar-refractivity contribution in [2.75, 3.05) is 46.3 Å². The lowest BCUT2D eigenvalue weighted by Crippen LogP contribution is -2.51. The molecule has 0 radical (unpaired) electrons. The minimum absolute atomic E-state index is 0.125. The van der Waals surface area contributed by atoms with Crippen LogP contribution in [0, 0.1) is 11.8 Å². The number of benzene rings is 1. The number of nitrogens with zero attached hydrogens (tertiary/aromatic N) is 2. The van der Waals surface area contributed by atoms with Crippen LogP contribution in [0.4, 0.5) is 4.79 Å². The van der Waals surface area contributed by atoms with E-state index in [1.54, 1.807) is 0 Å². The largest absolute Gasteiger partial charge is 0.334 e. The van der Waals surface area contributed by atoms with Crippen LogP contribution in [0.2, 0.25) is 0 Å². The van der Waals surface area contributed by atoms with Gasteiger partial charge in [0.1, 0.15) is 0 Å². The third-order valence-corrected chi connectivity index (χ3v) is 3.85. The molecule has 1 fully saturated rings. The number of urea groups is 1. The van der Waals surface area contributed by atoms with Gasteiger partial charge in [0.15, 0.2) is 0 Å². The van der Waals surface area contributed by atoms with E-state index >= 15 is 0 Å². The second-order valence-electron chi connectivity index (χ2n) is 6.00. The molecule has 124 valence electrons. The van der Waals surface area contributed by atoms with Crippen molar-refractivity contribution >= 4 is 6.03 Å². The maximum absolute atomic E-state index is 11.8. The molecule has 0 bridgehead atoms. The molecule has 0 unspecified atom stereocenters. The maximum atomic E-state index is 11.8. The van der Waals surface area contributed by atoms with Gasteiger partial charge < -0.3 is 15.5 Å². The Labute approximate surface area is 139 Å². The molecule has 0 saturated carbocycles. The van der Waals surface area contributed by atoms with Crippen molar-refractivity contribution in [2.24, 2.45) is 0 Å². The summed E-state index contributed by atoms with van der Waals surface area (Å²) in [6, 6.07) is 9.72. The average molecular weight is 314 g/mol. The Bertz CT molecular complexity index is 541. The van der Waals surface area contributed by atoms with Crippen LogP contribution in [-0.2, 0) is 0 Å². The molecule has 1 aromatic carbocycles. The van der Waals surface area contributed by atoms with Gasteiger partial charge in [-0.1, -0.05) is 30.0 Å². The molecule has 0 aliphatic carbocycles. The summed E-state index contributed by atoms with van der Waals surface area (Å²) in [5.41, 5.74) is 0.957. The Morgan fingerprint density at radius 1 is 1.22 bits per heavy atom. The highest BCUT2D eigenvalue weighted by atomic mass is 16.2. The van der Waals surface area contributed by atoms with Gasteiger partial charge in [0, 0.05) is 44.3 Å². The van der Waals surface area contributed by atoms with Crippen molar-refractivity contribution in [1.82, 2.24) is 20.4 Å². The van der Waals surface area contributed by atoms with Crippen molar-refractivity contribution in [3.8, 4) is 11.8 Å². The Morgan fingerprint density at radius 3 is 2.61 bits per heavy atom. The lowest BCUT2D eigenvalue weighted by Gasteiger charge is -2.34. The Hall–Kier alpha value is -2.03. The summed E-state index contributed by atoms with van der Waals surface area (Å²) in [6.07, 6.45) is 0. The molecule has 2 rings (SSSR count). The van der Waals surface area contributed by atoms with E-state index in [1.807, 2.05) is 37.3 Å². The third kappa shape index (κ3) is 6.72. The molecule has 1 aliphatic heterocycles. The van der Waals surface area contributed by atoms with E-state index in [1.165, 1.54) is 0 Å². The summed E-state index contributed by atoms with van der Waals surface area (Å²) in [5, 5.41) is 5.74. The molecule has 1 aliphatic rings. The molecule has 23 heavy (non-hydrogen) atoms. The Kier molecular flexibility index (Phi) is 6.92. The summed E-state index contributed by atoms with van der Waals surface area (Å²) < 4.78 is 0. The lowest BCUT2D eigenvalue weighted by molar-refractivity contribution is 0.145. The van der Waals surface area contributed by atoms with Gasteiger partial charge in [0.2, 0.25) is 0 Å². The first-order valence-corrected chi connectivity index (χ1v) is 8.12. The Morgan fingerprint density at radius 2 is 1.91 bits per heavy atom. The standard InChI is InChI=1S/C18H26N4O/c1-16(15-22-13-11-21(2)12-14-22)20-18(23)19-10-6-9-17-7-4-3-5-8-17/h3-5,7-8,16H,10-15H2,1-2H3,(H2,19,20,23)/t16-/m0/s1. The number of likely N-dealkylation sites (N-methyl/N-ethyl adjacent to an activating group) is 1. The van der Waals surface area contributed by atoms with Crippen LogP contribution in [0.1, 0.15) is 12.5 Å². The van der Waals surface area contributed by atoms with Crippen LogP contribution in [0.25, 0.3) is 0 Å². The number of carbonyl (C=O) groups excluding carboxylic acids is 1. The van der Waals surface area contributed by atoms with E-state index in [0.717, 1.165) is 38.3 Å². The monoisotopic (exact) mass is 314 g/mol. The topological polar surface area (TPSA) is 47.6 Å². The van der Waals surface area contributed by atoms with E-state index in [4.69, 9.17) is 0 Å². The van der Waals surface area contributed by atoms with Crippen molar-refractivity contribution < 1.29 is 4.79 Å². The fraction of sp³-hybridized carbons (Fsp3) is 0.500. The SMILES string of the molecule is C[C@@H](CN1CCN(C)CC1)NC(=O)NCC#Cc1ccccc1. The predicted molar refractivity (Wildman–Crippen MR) is 93.3 cm³/mol. The predicted octanol–water partition coefficient (Wildman–Crippen LogP) is 0.973. The van der Waals surface area contributed by atoms with Gasteiger partial charge in [-0.05, 0) is 26.1 Å². The number of nitrogens with one attached hydrogen (secondary N) is 2. The molecule has 5 nitrogen and oxygen atoms in total. The van der Waals surface area contributed by atoms with Gasteiger partial charge in [0.05, 0.1) is 6.54 Å². The van der Waals surface area contributed by atoms with Gasteiger partial charge in [-0.3, -0.25) is 4.90 Å². The van der Waals surface area contributed by atoms with Crippen LogP contribution in [0.15, 0.2) is 30.3 Å². The van der Waals surface area contributed by atoms with Crippen molar-refractivity contribution in [3.63, 3.8) is 0 Å². The summed E-state index contributed by atoms with van der Waals surface area (Å²) in [5.74, 6) is 5.97. The van der Waals surface area contributed by atoms with Crippen LogP contribution >= 0.6 is 0 Å². The molecule has 0 spiro atoms. The zero-order chi connectivity index (χ0) is 16.5. The van der Waals surface area contributed by atoms with E-state index in [9.17, 15) is 4.79 Å². The summed E-state index contributed by atoms with van der Waals surface area (Å²) in [7, 11) is 2.14. The highest BCUT2D eigenvalue weighted by Crippen LogP contribution is 2.00. The molecule has 1 heterocycles. The highest BCUT2D eigenvalue weighted by molar-refractivity contribution is 5.74. The second-order valence-corrected chi connectivity index (χ2v) is 6.00.